The molecular formula is C12H15BrFN. The maximum atomic E-state index is 13.6. The van der Waals surface area contributed by atoms with Gasteiger partial charge in [0.15, 0.2) is 0 Å². The highest BCUT2D eigenvalue weighted by atomic mass is 79.9. The molecule has 0 unspecified atom stereocenters. The van der Waals surface area contributed by atoms with E-state index >= 15 is 0 Å². The van der Waals surface area contributed by atoms with Crippen LogP contribution in [0.15, 0.2) is 16.6 Å². The highest BCUT2D eigenvalue weighted by Gasteiger charge is 2.37. The molecule has 82 valence electrons. The molecule has 0 atom stereocenters. The van der Waals surface area contributed by atoms with Gasteiger partial charge in [-0.2, -0.15) is 0 Å². The predicted octanol–water partition coefficient (Wildman–Crippen LogP) is 3.32. The van der Waals surface area contributed by atoms with Crippen molar-refractivity contribution in [2.24, 2.45) is 5.73 Å². The van der Waals surface area contributed by atoms with Crippen molar-refractivity contribution in [2.75, 3.05) is 0 Å². The number of hydrogen-bond acceptors (Lipinski definition) is 1. The molecule has 1 saturated carbocycles. The second-order valence-electron chi connectivity index (χ2n) is 4.52. The van der Waals surface area contributed by atoms with Crippen molar-refractivity contribution < 1.29 is 4.39 Å². The topological polar surface area (TPSA) is 26.0 Å². The summed E-state index contributed by atoms with van der Waals surface area (Å²) in [5.74, 6) is -0.128. The Hall–Kier alpha value is -0.410. The highest BCUT2D eigenvalue weighted by molar-refractivity contribution is 9.10. The fourth-order valence-corrected chi connectivity index (χ4v) is 2.25. The molecule has 0 saturated heterocycles. The van der Waals surface area contributed by atoms with E-state index in [1.165, 1.54) is 6.07 Å². The summed E-state index contributed by atoms with van der Waals surface area (Å²) in [6, 6.07) is 3.32. The van der Waals surface area contributed by atoms with E-state index in [1.807, 2.05) is 6.92 Å². The first-order valence-corrected chi connectivity index (χ1v) is 6.03. The Morgan fingerprint density at radius 3 is 2.73 bits per heavy atom. The molecule has 3 heteroatoms. The van der Waals surface area contributed by atoms with Crippen LogP contribution in [0.2, 0.25) is 0 Å². The van der Waals surface area contributed by atoms with Crippen molar-refractivity contribution in [1.29, 1.82) is 0 Å². The minimum Gasteiger partial charge on any atom is -0.325 e. The lowest BCUT2D eigenvalue weighted by Crippen LogP contribution is -2.22. The van der Waals surface area contributed by atoms with E-state index in [4.69, 9.17) is 5.73 Å². The average Bonchev–Trinajstić information content (AvgIpc) is 2.91. The van der Waals surface area contributed by atoms with E-state index in [0.29, 0.717) is 0 Å². The molecule has 0 spiro atoms. The lowest BCUT2D eigenvalue weighted by atomic mass is 10.0. The van der Waals surface area contributed by atoms with Crippen LogP contribution in [0.3, 0.4) is 0 Å². The maximum Gasteiger partial charge on any atom is 0.127 e. The van der Waals surface area contributed by atoms with Gasteiger partial charge >= 0.3 is 0 Å². The van der Waals surface area contributed by atoms with E-state index in [-0.39, 0.29) is 11.4 Å². The van der Waals surface area contributed by atoms with Gasteiger partial charge in [0.2, 0.25) is 0 Å². The molecule has 1 aromatic carbocycles. The van der Waals surface area contributed by atoms with Crippen molar-refractivity contribution >= 4 is 15.9 Å². The quantitative estimate of drug-likeness (QED) is 0.897. The minimum atomic E-state index is -0.128. The SMILES string of the molecule is Cc1ccc(F)c(CCC2(N)CC2)c1Br. The molecule has 0 aliphatic heterocycles. The molecular weight excluding hydrogens is 257 g/mol. The van der Waals surface area contributed by atoms with Crippen LogP contribution in [0.4, 0.5) is 4.39 Å². The van der Waals surface area contributed by atoms with Crippen LogP contribution in [0.25, 0.3) is 0 Å². The number of aryl methyl sites for hydroxylation is 1. The Balaban J connectivity index is 2.16. The van der Waals surface area contributed by atoms with Gasteiger partial charge in [-0.25, -0.2) is 4.39 Å². The largest absolute Gasteiger partial charge is 0.325 e. The number of halogens is 2. The molecule has 0 bridgehead atoms. The van der Waals surface area contributed by atoms with E-state index in [9.17, 15) is 4.39 Å². The molecule has 1 nitrogen and oxygen atoms in total. The normalized spacial score (nSPS) is 17.9. The summed E-state index contributed by atoms with van der Waals surface area (Å²) in [4.78, 5) is 0. The zero-order chi connectivity index (χ0) is 11.1. The van der Waals surface area contributed by atoms with Crippen molar-refractivity contribution in [1.82, 2.24) is 0 Å². The Morgan fingerprint density at radius 2 is 2.13 bits per heavy atom. The van der Waals surface area contributed by atoms with Gasteiger partial charge in [0, 0.05) is 15.6 Å². The third kappa shape index (κ3) is 2.40. The van der Waals surface area contributed by atoms with Crippen molar-refractivity contribution in [3.05, 3.63) is 33.5 Å². The van der Waals surface area contributed by atoms with Gasteiger partial charge in [-0.15, -0.1) is 0 Å². The van der Waals surface area contributed by atoms with E-state index in [1.54, 1.807) is 6.07 Å². The zero-order valence-corrected chi connectivity index (χ0v) is 10.4. The Bertz CT molecular complexity index is 385. The minimum absolute atomic E-state index is 0.00434. The Kier molecular flexibility index (Phi) is 2.86. The lowest BCUT2D eigenvalue weighted by molar-refractivity contribution is 0.569. The van der Waals surface area contributed by atoms with Crippen LogP contribution in [0.5, 0.6) is 0 Å². The molecule has 0 aromatic heterocycles. The number of benzene rings is 1. The van der Waals surface area contributed by atoms with Crippen molar-refractivity contribution in [2.45, 2.75) is 38.1 Å². The molecule has 1 aliphatic carbocycles. The second kappa shape index (κ2) is 3.87. The summed E-state index contributed by atoms with van der Waals surface area (Å²) in [5.41, 5.74) is 7.84. The average molecular weight is 272 g/mol. The summed E-state index contributed by atoms with van der Waals surface area (Å²) >= 11 is 3.44. The number of hydrogen-bond donors (Lipinski definition) is 1. The first kappa shape index (κ1) is 11.1. The molecule has 1 fully saturated rings. The van der Waals surface area contributed by atoms with Crippen molar-refractivity contribution in [3.63, 3.8) is 0 Å². The van der Waals surface area contributed by atoms with Crippen LogP contribution in [0, 0.1) is 12.7 Å². The van der Waals surface area contributed by atoms with Gasteiger partial charge in [0.05, 0.1) is 0 Å². The third-order valence-corrected chi connectivity index (χ3v) is 4.25. The number of nitrogens with two attached hydrogens (primary N) is 1. The monoisotopic (exact) mass is 271 g/mol. The van der Waals surface area contributed by atoms with Gasteiger partial charge in [0.25, 0.3) is 0 Å². The smallest absolute Gasteiger partial charge is 0.127 e. The van der Waals surface area contributed by atoms with Gasteiger partial charge < -0.3 is 5.73 Å². The van der Waals surface area contributed by atoms with Gasteiger partial charge in [-0.1, -0.05) is 22.0 Å². The Morgan fingerprint density at radius 1 is 1.47 bits per heavy atom. The van der Waals surface area contributed by atoms with Crippen LogP contribution in [-0.4, -0.2) is 5.54 Å². The fourth-order valence-electron chi connectivity index (χ4n) is 1.73. The van der Waals surface area contributed by atoms with Crippen molar-refractivity contribution in [3.8, 4) is 0 Å². The summed E-state index contributed by atoms with van der Waals surface area (Å²) in [6.07, 6.45) is 3.77. The maximum absolute atomic E-state index is 13.6. The van der Waals surface area contributed by atoms with Crippen LogP contribution in [0.1, 0.15) is 30.4 Å². The zero-order valence-electron chi connectivity index (χ0n) is 8.82. The number of rotatable bonds is 3. The van der Waals surface area contributed by atoms with E-state index in [0.717, 1.165) is 41.3 Å². The third-order valence-electron chi connectivity index (χ3n) is 3.14. The Labute approximate surface area is 98.0 Å². The van der Waals surface area contributed by atoms with Gasteiger partial charge in [-0.05, 0) is 44.2 Å². The van der Waals surface area contributed by atoms with E-state index < -0.39 is 0 Å². The van der Waals surface area contributed by atoms with Crippen LogP contribution >= 0.6 is 15.9 Å². The highest BCUT2D eigenvalue weighted by Crippen LogP contribution is 2.37. The molecule has 1 aliphatic rings. The predicted molar refractivity (Wildman–Crippen MR) is 63.3 cm³/mol. The first-order valence-electron chi connectivity index (χ1n) is 5.24. The standard InChI is InChI=1S/C12H15BrFN/c1-8-2-3-10(14)9(11(8)13)4-5-12(15)6-7-12/h2-3H,4-7,15H2,1H3. The van der Waals surface area contributed by atoms with Gasteiger partial charge in [0.1, 0.15) is 5.82 Å². The molecule has 2 rings (SSSR count). The van der Waals surface area contributed by atoms with Crippen LogP contribution in [-0.2, 0) is 6.42 Å². The molecule has 0 heterocycles. The van der Waals surface area contributed by atoms with Crippen LogP contribution < -0.4 is 5.73 Å². The summed E-state index contributed by atoms with van der Waals surface area (Å²) in [6.45, 7) is 1.97. The molecule has 0 radical (unpaired) electrons. The first-order chi connectivity index (χ1) is 7.02. The molecule has 15 heavy (non-hydrogen) atoms. The summed E-state index contributed by atoms with van der Waals surface area (Å²) in [7, 11) is 0. The molecule has 2 N–H and O–H groups in total. The molecule has 0 amide bonds. The summed E-state index contributed by atoms with van der Waals surface area (Å²) in [5, 5.41) is 0. The summed E-state index contributed by atoms with van der Waals surface area (Å²) < 4.78 is 14.5. The molecule has 1 aromatic rings. The lowest BCUT2D eigenvalue weighted by Gasteiger charge is -2.11. The van der Waals surface area contributed by atoms with Gasteiger partial charge in [-0.3, -0.25) is 0 Å². The van der Waals surface area contributed by atoms with E-state index in [2.05, 4.69) is 15.9 Å². The second-order valence-corrected chi connectivity index (χ2v) is 5.31. The fraction of sp³-hybridized carbons (Fsp3) is 0.500.